The zero-order valence-electron chi connectivity index (χ0n) is 22.3. The third-order valence-electron chi connectivity index (χ3n) is 5.66. The predicted molar refractivity (Wildman–Crippen MR) is 152 cm³/mol. The average molecular weight is 596 g/mol. The summed E-state index contributed by atoms with van der Waals surface area (Å²) in [7, 11) is 0. The van der Waals surface area contributed by atoms with Crippen LogP contribution in [0.15, 0.2) is 72.8 Å². The van der Waals surface area contributed by atoms with Gasteiger partial charge in [-0.1, -0.05) is 0 Å². The van der Waals surface area contributed by atoms with Crippen LogP contribution in [0.2, 0.25) is 0 Å². The number of non-ortho nitro benzene ring substituents is 2. The molecule has 0 aliphatic carbocycles. The van der Waals surface area contributed by atoms with Gasteiger partial charge >= 0.3 is 0 Å². The first kappa shape index (κ1) is 35.6. The minimum atomic E-state index is -1.24. The van der Waals surface area contributed by atoms with E-state index < -0.39 is 46.6 Å². The van der Waals surface area contributed by atoms with Gasteiger partial charge in [0.25, 0.3) is 11.4 Å². The van der Waals surface area contributed by atoms with Crippen molar-refractivity contribution < 1.29 is 44.9 Å². The van der Waals surface area contributed by atoms with Crippen molar-refractivity contribution in [2.75, 3.05) is 56.0 Å². The number of hydrogen-bond acceptors (Lipinski definition) is 13. The minimum Gasteiger partial charge on any atom is -0.399 e. The van der Waals surface area contributed by atoms with E-state index in [0.29, 0.717) is 17.1 Å². The standard InChI is InChI=1S/C10H14N2O5.C10H16N2O3.C6H4FNO2/c13-5-10(6-14,7-15)11-8-1-3-9(4-2-8)12(16)17;11-8-1-3-9(4-2-8)12-10(5-13,6-14)7-15;7-5-1-3-6(4-2-5)8(9)10/h1-4,11,13-15H,5-7H2;1-4,12-15H,5-7,11H2;1-4H. The molecule has 0 saturated carbocycles. The van der Waals surface area contributed by atoms with Gasteiger partial charge in [0.2, 0.25) is 0 Å². The Balaban J connectivity index is 0.000000325. The first-order valence-corrected chi connectivity index (χ1v) is 12.1. The molecule has 0 aliphatic rings. The van der Waals surface area contributed by atoms with Crippen molar-refractivity contribution in [2.45, 2.75) is 11.1 Å². The minimum absolute atomic E-state index is 0.0573. The van der Waals surface area contributed by atoms with Gasteiger partial charge < -0.3 is 47.0 Å². The summed E-state index contributed by atoms with van der Waals surface area (Å²) in [5.41, 5.74) is 4.79. The van der Waals surface area contributed by atoms with Crippen LogP contribution in [-0.2, 0) is 0 Å². The average Bonchev–Trinajstić information content (AvgIpc) is 3.01. The molecule has 0 saturated heterocycles. The molecule has 3 aromatic carbocycles. The van der Waals surface area contributed by atoms with Gasteiger partial charge in [0.1, 0.15) is 16.9 Å². The van der Waals surface area contributed by atoms with Gasteiger partial charge in [-0.05, 0) is 48.5 Å². The Labute approximate surface area is 239 Å². The Morgan fingerprint density at radius 3 is 1.17 bits per heavy atom. The van der Waals surface area contributed by atoms with Gasteiger partial charge in [-0.25, -0.2) is 4.39 Å². The maximum absolute atomic E-state index is 12.1. The smallest absolute Gasteiger partial charge is 0.269 e. The molecule has 42 heavy (non-hydrogen) atoms. The van der Waals surface area contributed by atoms with E-state index in [1.54, 1.807) is 24.3 Å². The van der Waals surface area contributed by atoms with Crippen LogP contribution in [0.4, 0.5) is 32.8 Å². The van der Waals surface area contributed by atoms with Crippen LogP contribution in [-0.4, -0.2) is 91.2 Å². The van der Waals surface area contributed by atoms with Gasteiger partial charge in [-0.15, -0.1) is 0 Å². The highest BCUT2D eigenvalue weighted by molar-refractivity contribution is 5.53. The fourth-order valence-corrected chi connectivity index (χ4v) is 2.95. The number of hydrogen-bond donors (Lipinski definition) is 9. The zero-order chi connectivity index (χ0) is 31.8. The highest BCUT2D eigenvalue weighted by atomic mass is 19.1. The van der Waals surface area contributed by atoms with Crippen molar-refractivity contribution in [1.29, 1.82) is 0 Å². The molecule has 0 bridgehead atoms. The molecule has 0 amide bonds. The number of anilines is 3. The summed E-state index contributed by atoms with van der Waals surface area (Å²) in [6, 6.07) is 16.6. The van der Waals surface area contributed by atoms with Crippen LogP contribution in [0.25, 0.3) is 0 Å². The molecule has 10 N–H and O–H groups in total. The van der Waals surface area contributed by atoms with Crippen LogP contribution in [0.1, 0.15) is 0 Å². The van der Waals surface area contributed by atoms with Crippen LogP contribution in [0.5, 0.6) is 0 Å². The number of aliphatic hydroxyl groups excluding tert-OH is 6. The lowest BCUT2D eigenvalue weighted by Gasteiger charge is -2.29. The number of nitro groups is 2. The number of nitrogens with one attached hydrogen (secondary N) is 2. The van der Waals surface area contributed by atoms with Gasteiger partial charge in [-0.2, -0.15) is 0 Å². The van der Waals surface area contributed by atoms with E-state index in [4.69, 9.17) is 36.4 Å². The molecule has 0 atom stereocenters. The molecule has 0 aliphatic heterocycles. The van der Waals surface area contributed by atoms with Gasteiger partial charge in [0.15, 0.2) is 0 Å². The Morgan fingerprint density at radius 2 is 0.881 bits per heavy atom. The van der Waals surface area contributed by atoms with Crippen LogP contribution < -0.4 is 16.4 Å². The van der Waals surface area contributed by atoms with E-state index in [0.717, 1.165) is 24.3 Å². The van der Waals surface area contributed by atoms with Gasteiger partial charge in [-0.3, -0.25) is 20.2 Å². The van der Waals surface area contributed by atoms with E-state index in [1.807, 2.05) is 0 Å². The van der Waals surface area contributed by atoms with Crippen molar-refractivity contribution >= 4 is 28.4 Å². The molecule has 230 valence electrons. The van der Waals surface area contributed by atoms with Gasteiger partial charge in [0, 0.05) is 41.3 Å². The summed E-state index contributed by atoms with van der Waals surface area (Å²) in [6.07, 6.45) is 0. The normalized spacial score (nSPS) is 10.8. The van der Waals surface area contributed by atoms with Crippen molar-refractivity contribution in [2.24, 2.45) is 0 Å². The SMILES string of the molecule is Nc1ccc(NC(CO)(CO)CO)cc1.O=[N+]([O-])c1ccc(F)cc1.O=[N+]([O-])c1ccc(NC(CO)(CO)CO)cc1. The number of nitro benzene ring substituents is 2. The highest BCUT2D eigenvalue weighted by Crippen LogP contribution is 2.19. The summed E-state index contributed by atoms with van der Waals surface area (Å²) in [5.74, 6) is -0.467. The Kier molecular flexibility index (Phi) is 14.7. The molecule has 0 aromatic heterocycles. The number of nitrogens with two attached hydrogens (primary N) is 1. The van der Waals surface area contributed by atoms with Crippen LogP contribution >= 0.6 is 0 Å². The summed E-state index contributed by atoms with van der Waals surface area (Å²) in [5, 5.41) is 80.6. The topological polar surface area (TPSA) is 258 Å². The van der Waals surface area contributed by atoms with E-state index in [-0.39, 0.29) is 31.2 Å². The Hall–Kier alpha value is -4.45. The Bertz CT molecular complexity index is 1210. The second kappa shape index (κ2) is 17.4. The number of halogens is 1. The predicted octanol–water partition coefficient (Wildman–Crippen LogP) is 0.853. The van der Waals surface area contributed by atoms with Crippen LogP contribution in [0.3, 0.4) is 0 Å². The third kappa shape index (κ3) is 11.2. The van der Waals surface area contributed by atoms with Gasteiger partial charge in [0.05, 0.1) is 49.5 Å². The number of benzene rings is 3. The lowest BCUT2D eigenvalue weighted by Crippen LogP contribution is -2.49. The second-order valence-corrected chi connectivity index (χ2v) is 8.92. The molecule has 0 fully saturated rings. The van der Waals surface area contributed by atoms with E-state index >= 15 is 0 Å². The third-order valence-corrected chi connectivity index (χ3v) is 5.66. The molecular weight excluding hydrogens is 561 g/mol. The molecular formula is C26H34FN5O10. The summed E-state index contributed by atoms with van der Waals surface area (Å²) in [6.45, 7) is -2.45. The highest BCUT2D eigenvalue weighted by Gasteiger charge is 2.28. The van der Waals surface area contributed by atoms with Crippen molar-refractivity contribution in [3.8, 4) is 0 Å². The maximum atomic E-state index is 12.1. The number of nitrogens with zero attached hydrogens (tertiary/aromatic N) is 2. The van der Waals surface area contributed by atoms with Crippen molar-refractivity contribution in [1.82, 2.24) is 0 Å². The van der Waals surface area contributed by atoms with E-state index in [2.05, 4.69) is 10.6 Å². The largest absolute Gasteiger partial charge is 0.399 e. The lowest BCUT2D eigenvalue weighted by atomic mass is 10.0. The molecule has 16 heteroatoms. The number of nitrogen functional groups attached to an aromatic ring is 1. The monoisotopic (exact) mass is 595 g/mol. The fourth-order valence-electron chi connectivity index (χ4n) is 2.95. The first-order valence-electron chi connectivity index (χ1n) is 12.1. The van der Waals surface area contributed by atoms with Crippen molar-refractivity contribution in [3.05, 3.63) is 98.8 Å². The quantitative estimate of drug-likeness (QED) is 0.0800. The molecule has 3 aromatic rings. The number of aliphatic hydroxyl groups is 6. The second-order valence-electron chi connectivity index (χ2n) is 8.92. The summed E-state index contributed by atoms with van der Waals surface area (Å²) >= 11 is 0. The van der Waals surface area contributed by atoms with E-state index in [1.165, 1.54) is 24.3 Å². The molecule has 0 radical (unpaired) electrons. The lowest BCUT2D eigenvalue weighted by molar-refractivity contribution is -0.385. The van der Waals surface area contributed by atoms with Crippen molar-refractivity contribution in [3.63, 3.8) is 0 Å². The molecule has 0 spiro atoms. The molecule has 0 heterocycles. The summed E-state index contributed by atoms with van der Waals surface area (Å²) in [4.78, 5) is 19.3. The Morgan fingerprint density at radius 1 is 0.595 bits per heavy atom. The summed E-state index contributed by atoms with van der Waals surface area (Å²) < 4.78 is 12.1. The number of rotatable bonds is 12. The molecule has 15 nitrogen and oxygen atoms in total. The van der Waals surface area contributed by atoms with Crippen LogP contribution in [0, 0.1) is 26.0 Å². The fraction of sp³-hybridized carbons (Fsp3) is 0.308. The zero-order valence-corrected chi connectivity index (χ0v) is 22.3. The molecule has 3 rings (SSSR count). The van der Waals surface area contributed by atoms with E-state index in [9.17, 15) is 24.6 Å². The maximum Gasteiger partial charge on any atom is 0.269 e. The first-order chi connectivity index (χ1) is 19.9. The molecule has 0 unspecified atom stereocenters.